The molecule has 3 rings (SSSR count). The van der Waals surface area contributed by atoms with Gasteiger partial charge in [-0.3, -0.25) is 4.98 Å². The van der Waals surface area contributed by atoms with Crippen LogP contribution in [0.25, 0.3) is 0 Å². The highest BCUT2D eigenvalue weighted by molar-refractivity contribution is 5.78. The van der Waals surface area contributed by atoms with Crippen molar-refractivity contribution >= 4 is 5.96 Å². The highest BCUT2D eigenvalue weighted by Gasteiger charge is 2.21. The average Bonchev–Trinajstić information content (AvgIpc) is 2.54. The number of aryl methyl sites for hydroxylation is 1. The second-order valence-electron chi connectivity index (χ2n) is 5.34. The van der Waals surface area contributed by atoms with Crippen LogP contribution in [0.3, 0.4) is 0 Å². The molecule has 1 aliphatic rings. The van der Waals surface area contributed by atoms with Crippen LogP contribution in [0.5, 0.6) is 5.75 Å². The lowest BCUT2D eigenvalue weighted by atomic mass is 10.0. The summed E-state index contributed by atoms with van der Waals surface area (Å²) in [6.07, 6.45) is 2.64. The molecule has 2 aromatic rings. The first-order chi connectivity index (χ1) is 10.7. The Labute approximate surface area is 130 Å². The summed E-state index contributed by atoms with van der Waals surface area (Å²) in [4.78, 5) is 8.72. The molecule has 1 aromatic carbocycles. The van der Waals surface area contributed by atoms with Gasteiger partial charge in [0, 0.05) is 18.2 Å². The van der Waals surface area contributed by atoms with E-state index in [1.807, 2.05) is 37.3 Å². The molecule has 0 fully saturated rings. The van der Waals surface area contributed by atoms with Crippen LogP contribution < -0.4 is 15.8 Å². The molecule has 0 aliphatic carbocycles. The predicted molar refractivity (Wildman–Crippen MR) is 86.7 cm³/mol. The van der Waals surface area contributed by atoms with Gasteiger partial charge in [0.05, 0.1) is 24.9 Å². The summed E-state index contributed by atoms with van der Waals surface area (Å²) in [5.74, 6) is 1.35. The fourth-order valence-corrected chi connectivity index (χ4v) is 2.56. The smallest absolute Gasteiger partial charge is 0.189 e. The summed E-state index contributed by atoms with van der Waals surface area (Å²) in [6, 6.07) is 12.1. The second kappa shape index (κ2) is 6.47. The minimum Gasteiger partial charge on any atom is -0.493 e. The zero-order chi connectivity index (χ0) is 15.4. The van der Waals surface area contributed by atoms with Crippen LogP contribution in [0.2, 0.25) is 0 Å². The van der Waals surface area contributed by atoms with Gasteiger partial charge in [0.15, 0.2) is 5.96 Å². The molecule has 5 nitrogen and oxygen atoms in total. The molecular formula is C17H20N4O. The summed E-state index contributed by atoms with van der Waals surface area (Å²) < 4.78 is 5.65. The molecule has 5 heteroatoms. The van der Waals surface area contributed by atoms with Crippen molar-refractivity contribution in [3.63, 3.8) is 0 Å². The SMILES string of the molecule is Cc1cccnc1CN=C(N)NC1CCOc2ccccc21. The third-order valence-corrected chi connectivity index (χ3v) is 3.80. The van der Waals surface area contributed by atoms with Crippen molar-refractivity contribution < 1.29 is 4.74 Å². The lowest BCUT2D eigenvalue weighted by molar-refractivity contribution is 0.262. The van der Waals surface area contributed by atoms with Gasteiger partial charge in [-0.1, -0.05) is 24.3 Å². The zero-order valence-corrected chi connectivity index (χ0v) is 12.6. The normalized spacial score (nSPS) is 17.5. The Bertz CT molecular complexity index is 684. The lowest BCUT2D eigenvalue weighted by Crippen LogP contribution is -2.37. The average molecular weight is 296 g/mol. The highest BCUT2D eigenvalue weighted by atomic mass is 16.5. The van der Waals surface area contributed by atoms with E-state index < -0.39 is 0 Å². The van der Waals surface area contributed by atoms with Gasteiger partial charge in [0.25, 0.3) is 0 Å². The standard InChI is InChI=1S/C17H20N4O/c1-12-5-4-9-19-15(12)11-20-17(18)21-14-8-10-22-16-7-3-2-6-13(14)16/h2-7,9,14H,8,10-11H2,1H3,(H3,18,20,21). The first kappa shape index (κ1) is 14.4. The van der Waals surface area contributed by atoms with Crippen molar-refractivity contribution in [1.82, 2.24) is 10.3 Å². The molecule has 22 heavy (non-hydrogen) atoms. The minimum atomic E-state index is 0.138. The largest absolute Gasteiger partial charge is 0.493 e. The van der Waals surface area contributed by atoms with Crippen LogP contribution in [0, 0.1) is 6.92 Å². The molecule has 1 aromatic heterocycles. The van der Waals surface area contributed by atoms with Gasteiger partial charge in [-0.05, 0) is 24.6 Å². The predicted octanol–water partition coefficient (Wildman–Crippen LogP) is 2.32. The number of para-hydroxylation sites is 1. The summed E-state index contributed by atoms with van der Waals surface area (Å²) in [5, 5.41) is 3.28. The fraction of sp³-hybridized carbons (Fsp3) is 0.294. The summed E-state index contributed by atoms with van der Waals surface area (Å²) in [7, 11) is 0. The van der Waals surface area contributed by atoms with Gasteiger partial charge < -0.3 is 15.8 Å². The first-order valence-corrected chi connectivity index (χ1v) is 7.42. The number of aromatic nitrogens is 1. The van der Waals surface area contributed by atoms with Gasteiger partial charge in [0.2, 0.25) is 0 Å². The van der Waals surface area contributed by atoms with Crippen LogP contribution in [-0.2, 0) is 6.54 Å². The Morgan fingerprint density at radius 3 is 3.09 bits per heavy atom. The van der Waals surface area contributed by atoms with Crippen molar-refractivity contribution in [2.75, 3.05) is 6.61 Å². The molecule has 0 spiro atoms. The number of hydrogen-bond acceptors (Lipinski definition) is 3. The van der Waals surface area contributed by atoms with E-state index >= 15 is 0 Å². The third-order valence-electron chi connectivity index (χ3n) is 3.80. The van der Waals surface area contributed by atoms with E-state index in [4.69, 9.17) is 10.5 Å². The number of ether oxygens (including phenoxy) is 1. The van der Waals surface area contributed by atoms with Crippen LogP contribution in [-0.4, -0.2) is 17.6 Å². The maximum atomic E-state index is 6.03. The molecule has 2 heterocycles. The number of guanidine groups is 1. The van der Waals surface area contributed by atoms with E-state index in [-0.39, 0.29) is 6.04 Å². The molecule has 1 unspecified atom stereocenters. The Balaban J connectivity index is 1.69. The van der Waals surface area contributed by atoms with Crippen LogP contribution in [0.4, 0.5) is 0 Å². The first-order valence-electron chi connectivity index (χ1n) is 7.42. The van der Waals surface area contributed by atoms with Crippen LogP contribution in [0.1, 0.15) is 29.3 Å². The maximum absolute atomic E-state index is 6.03. The fourth-order valence-electron chi connectivity index (χ4n) is 2.56. The molecular weight excluding hydrogens is 276 g/mol. The van der Waals surface area contributed by atoms with Crippen LogP contribution in [0.15, 0.2) is 47.6 Å². The quantitative estimate of drug-likeness (QED) is 0.673. The van der Waals surface area contributed by atoms with Gasteiger partial charge in [0.1, 0.15) is 5.75 Å². The lowest BCUT2D eigenvalue weighted by Gasteiger charge is -2.26. The number of nitrogens with one attached hydrogen (secondary N) is 1. The molecule has 0 amide bonds. The van der Waals surface area contributed by atoms with Gasteiger partial charge in [-0.15, -0.1) is 0 Å². The molecule has 1 aliphatic heterocycles. The van der Waals surface area contributed by atoms with E-state index in [2.05, 4.69) is 21.4 Å². The van der Waals surface area contributed by atoms with Crippen molar-refractivity contribution in [2.24, 2.45) is 10.7 Å². The molecule has 1 atom stereocenters. The highest BCUT2D eigenvalue weighted by Crippen LogP contribution is 2.31. The zero-order valence-electron chi connectivity index (χ0n) is 12.6. The molecule has 3 N–H and O–H groups in total. The van der Waals surface area contributed by atoms with Crippen molar-refractivity contribution in [3.05, 3.63) is 59.4 Å². The van der Waals surface area contributed by atoms with Crippen LogP contribution >= 0.6 is 0 Å². The van der Waals surface area contributed by atoms with Gasteiger partial charge in [-0.2, -0.15) is 0 Å². The molecule has 0 saturated heterocycles. The third kappa shape index (κ3) is 3.19. The van der Waals surface area contributed by atoms with E-state index in [0.717, 1.165) is 29.0 Å². The van der Waals surface area contributed by atoms with E-state index in [1.165, 1.54) is 0 Å². The Kier molecular flexibility index (Phi) is 4.23. The monoisotopic (exact) mass is 296 g/mol. The number of fused-ring (bicyclic) bond motifs is 1. The topological polar surface area (TPSA) is 72.5 Å². The molecule has 114 valence electrons. The van der Waals surface area contributed by atoms with Crippen molar-refractivity contribution in [1.29, 1.82) is 0 Å². The number of nitrogens with two attached hydrogens (primary N) is 1. The van der Waals surface area contributed by atoms with E-state index in [1.54, 1.807) is 6.20 Å². The van der Waals surface area contributed by atoms with Crippen molar-refractivity contribution in [2.45, 2.75) is 25.9 Å². The van der Waals surface area contributed by atoms with Crippen molar-refractivity contribution in [3.8, 4) is 5.75 Å². The minimum absolute atomic E-state index is 0.138. The summed E-state index contributed by atoms with van der Waals surface area (Å²) >= 11 is 0. The van der Waals surface area contributed by atoms with Gasteiger partial charge in [-0.25, -0.2) is 4.99 Å². The molecule has 0 radical (unpaired) electrons. The molecule has 0 bridgehead atoms. The second-order valence-corrected chi connectivity index (χ2v) is 5.34. The molecule has 0 saturated carbocycles. The number of nitrogens with zero attached hydrogens (tertiary/aromatic N) is 2. The number of benzene rings is 1. The van der Waals surface area contributed by atoms with E-state index in [0.29, 0.717) is 19.1 Å². The Morgan fingerprint density at radius 1 is 1.36 bits per heavy atom. The Hall–Kier alpha value is -2.56. The Morgan fingerprint density at radius 2 is 2.23 bits per heavy atom. The summed E-state index contributed by atoms with van der Waals surface area (Å²) in [5.41, 5.74) is 9.22. The van der Waals surface area contributed by atoms with E-state index in [9.17, 15) is 0 Å². The number of hydrogen-bond donors (Lipinski definition) is 2. The van der Waals surface area contributed by atoms with Gasteiger partial charge >= 0.3 is 0 Å². The maximum Gasteiger partial charge on any atom is 0.189 e. The number of pyridine rings is 1. The number of aliphatic imine (C=N–C) groups is 1. The summed E-state index contributed by atoms with van der Waals surface area (Å²) in [6.45, 7) is 3.19. The number of rotatable bonds is 3.